The monoisotopic (exact) mass is 325 g/mol. The number of likely N-dealkylation sites (tertiary alicyclic amines) is 1. The van der Waals surface area contributed by atoms with Crippen molar-refractivity contribution in [2.24, 2.45) is 0 Å². The number of nitrogens with zero attached hydrogens (tertiary/aromatic N) is 1. The first kappa shape index (κ1) is 17.4. The fourth-order valence-corrected chi connectivity index (χ4v) is 2.87. The predicted octanol–water partition coefficient (Wildman–Crippen LogP) is 3.99. The van der Waals surface area contributed by atoms with Gasteiger partial charge in [-0.2, -0.15) is 0 Å². The first-order chi connectivity index (χ1) is 10.6. The minimum Gasteiger partial charge on any atom is -0.444 e. The highest BCUT2D eigenvalue weighted by molar-refractivity contribution is 5.86. The second-order valence-electron chi connectivity index (χ2n) is 6.81. The van der Waals surface area contributed by atoms with Crippen LogP contribution in [0.4, 0.5) is 13.6 Å². The van der Waals surface area contributed by atoms with Crippen molar-refractivity contribution in [1.82, 2.24) is 4.90 Å². The van der Waals surface area contributed by atoms with Crippen LogP contribution in [0.1, 0.15) is 52.1 Å². The third-order valence-electron chi connectivity index (χ3n) is 3.73. The third-order valence-corrected chi connectivity index (χ3v) is 3.73. The molecule has 1 saturated heterocycles. The average Bonchev–Trinajstić information content (AvgIpc) is 2.80. The fourth-order valence-electron chi connectivity index (χ4n) is 2.87. The van der Waals surface area contributed by atoms with E-state index in [1.165, 1.54) is 24.0 Å². The molecule has 0 spiro atoms. The molecule has 1 heterocycles. The maximum atomic E-state index is 13.5. The van der Waals surface area contributed by atoms with Crippen molar-refractivity contribution in [3.63, 3.8) is 0 Å². The van der Waals surface area contributed by atoms with Crippen LogP contribution in [0.15, 0.2) is 18.2 Å². The van der Waals surface area contributed by atoms with Crippen molar-refractivity contribution in [1.29, 1.82) is 0 Å². The standard InChI is InChI=1S/C17H21F2NO3/c1-10(21)14-5-6-15(11-7-12(18)9-13(19)8-11)20(14)16(22)23-17(2,3)4/h7-9,14-15H,5-6H2,1-4H3/t14-,15+/m1/s1. The van der Waals surface area contributed by atoms with Crippen molar-refractivity contribution in [3.8, 4) is 0 Å². The molecule has 2 atom stereocenters. The van der Waals surface area contributed by atoms with E-state index < -0.39 is 35.4 Å². The quantitative estimate of drug-likeness (QED) is 0.826. The summed E-state index contributed by atoms with van der Waals surface area (Å²) in [5.74, 6) is -1.60. The first-order valence-corrected chi connectivity index (χ1v) is 7.56. The number of carbonyl (C=O) groups is 2. The lowest BCUT2D eigenvalue weighted by molar-refractivity contribution is -0.121. The minimum absolute atomic E-state index is 0.171. The Bertz CT molecular complexity index is 605. The Morgan fingerprint density at radius 3 is 2.17 bits per heavy atom. The highest BCUT2D eigenvalue weighted by atomic mass is 19.1. The van der Waals surface area contributed by atoms with Crippen LogP contribution in [0.25, 0.3) is 0 Å². The molecule has 4 nitrogen and oxygen atoms in total. The van der Waals surface area contributed by atoms with Gasteiger partial charge in [0, 0.05) is 6.07 Å². The Labute approximate surface area is 134 Å². The van der Waals surface area contributed by atoms with Gasteiger partial charge < -0.3 is 4.74 Å². The number of carbonyl (C=O) groups excluding carboxylic acids is 2. The smallest absolute Gasteiger partial charge is 0.411 e. The zero-order valence-corrected chi connectivity index (χ0v) is 13.7. The molecular weight excluding hydrogens is 304 g/mol. The maximum absolute atomic E-state index is 13.5. The second-order valence-corrected chi connectivity index (χ2v) is 6.81. The fraction of sp³-hybridized carbons (Fsp3) is 0.529. The molecule has 0 aromatic heterocycles. The van der Waals surface area contributed by atoms with Gasteiger partial charge in [0.05, 0.1) is 12.1 Å². The largest absolute Gasteiger partial charge is 0.444 e. The molecule has 0 aliphatic carbocycles. The summed E-state index contributed by atoms with van der Waals surface area (Å²) in [5, 5.41) is 0. The van der Waals surface area contributed by atoms with Crippen LogP contribution in [0.5, 0.6) is 0 Å². The van der Waals surface area contributed by atoms with E-state index in [1.807, 2.05) is 0 Å². The number of halogens is 2. The SMILES string of the molecule is CC(=O)[C@H]1CC[C@@H](c2cc(F)cc(F)c2)N1C(=O)OC(C)(C)C. The molecule has 1 aromatic rings. The Kier molecular flexibility index (Phi) is 4.73. The Morgan fingerprint density at radius 2 is 1.70 bits per heavy atom. The molecule has 2 rings (SSSR count). The van der Waals surface area contributed by atoms with Gasteiger partial charge in [-0.25, -0.2) is 13.6 Å². The van der Waals surface area contributed by atoms with Gasteiger partial charge in [-0.05, 0) is 58.2 Å². The van der Waals surface area contributed by atoms with Crippen molar-refractivity contribution < 1.29 is 23.1 Å². The topological polar surface area (TPSA) is 46.6 Å². The van der Waals surface area contributed by atoms with Crippen LogP contribution in [-0.2, 0) is 9.53 Å². The summed E-state index contributed by atoms with van der Waals surface area (Å²) in [7, 11) is 0. The Balaban J connectivity index is 2.37. The summed E-state index contributed by atoms with van der Waals surface area (Å²) in [6, 6.07) is 1.94. The lowest BCUT2D eigenvalue weighted by Gasteiger charge is -2.32. The van der Waals surface area contributed by atoms with Gasteiger partial charge in [0.1, 0.15) is 17.2 Å². The van der Waals surface area contributed by atoms with Crippen LogP contribution in [0.3, 0.4) is 0 Å². The molecule has 0 unspecified atom stereocenters. The van der Waals surface area contributed by atoms with E-state index in [-0.39, 0.29) is 5.78 Å². The lowest BCUT2D eigenvalue weighted by atomic mass is 10.0. The van der Waals surface area contributed by atoms with E-state index in [4.69, 9.17) is 4.74 Å². The molecule has 0 bridgehead atoms. The van der Waals surface area contributed by atoms with Crippen molar-refractivity contribution in [2.75, 3.05) is 0 Å². The first-order valence-electron chi connectivity index (χ1n) is 7.56. The van der Waals surface area contributed by atoms with Crippen molar-refractivity contribution in [3.05, 3.63) is 35.4 Å². The summed E-state index contributed by atoms with van der Waals surface area (Å²) in [5.41, 5.74) is -0.393. The molecule has 0 radical (unpaired) electrons. The minimum atomic E-state index is -0.723. The van der Waals surface area contributed by atoms with E-state index in [0.29, 0.717) is 18.4 Å². The van der Waals surface area contributed by atoms with Crippen LogP contribution in [-0.4, -0.2) is 28.4 Å². The van der Waals surface area contributed by atoms with Gasteiger partial charge in [-0.3, -0.25) is 9.69 Å². The molecule has 126 valence electrons. The number of ketones is 1. The number of rotatable bonds is 2. The molecule has 1 aliphatic heterocycles. The molecule has 1 amide bonds. The number of hydrogen-bond donors (Lipinski definition) is 0. The average molecular weight is 325 g/mol. The van der Waals surface area contributed by atoms with Gasteiger partial charge in [0.25, 0.3) is 0 Å². The highest BCUT2D eigenvalue weighted by Gasteiger charge is 2.42. The molecule has 6 heteroatoms. The van der Waals surface area contributed by atoms with Gasteiger partial charge in [-0.1, -0.05) is 0 Å². The maximum Gasteiger partial charge on any atom is 0.411 e. The van der Waals surface area contributed by atoms with Gasteiger partial charge in [0.15, 0.2) is 5.78 Å². The third kappa shape index (κ3) is 4.06. The van der Waals surface area contributed by atoms with Gasteiger partial charge >= 0.3 is 6.09 Å². The number of amides is 1. The van der Waals surface area contributed by atoms with E-state index in [1.54, 1.807) is 20.8 Å². The normalized spacial score (nSPS) is 21.4. The van der Waals surface area contributed by atoms with E-state index in [2.05, 4.69) is 0 Å². The number of ether oxygens (including phenoxy) is 1. The Morgan fingerprint density at radius 1 is 1.13 bits per heavy atom. The predicted molar refractivity (Wildman–Crippen MR) is 80.9 cm³/mol. The van der Waals surface area contributed by atoms with E-state index in [9.17, 15) is 18.4 Å². The molecule has 23 heavy (non-hydrogen) atoms. The summed E-state index contributed by atoms with van der Waals surface area (Å²) in [6.07, 6.45) is 0.244. The summed E-state index contributed by atoms with van der Waals surface area (Å²) in [6.45, 7) is 6.57. The van der Waals surface area contributed by atoms with Crippen LogP contribution >= 0.6 is 0 Å². The molecule has 0 saturated carbocycles. The van der Waals surface area contributed by atoms with Gasteiger partial charge in [0.2, 0.25) is 0 Å². The molecule has 1 aliphatic rings. The van der Waals surface area contributed by atoms with Crippen LogP contribution < -0.4 is 0 Å². The summed E-state index contributed by atoms with van der Waals surface area (Å²) >= 11 is 0. The van der Waals surface area contributed by atoms with Crippen molar-refractivity contribution in [2.45, 2.75) is 58.2 Å². The lowest BCUT2D eigenvalue weighted by Crippen LogP contribution is -2.43. The number of Topliss-reactive ketones (excluding diaryl/α,β-unsaturated/α-hetero) is 1. The molecular formula is C17H21F2NO3. The van der Waals surface area contributed by atoms with E-state index >= 15 is 0 Å². The molecule has 1 fully saturated rings. The highest BCUT2D eigenvalue weighted by Crippen LogP contribution is 2.38. The van der Waals surface area contributed by atoms with Crippen molar-refractivity contribution >= 4 is 11.9 Å². The zero-order valence-electron chi connectivity index (χ0n) is 13.7. The number of hydrogen-bond acceptors (Lipinski definition) is 3. The Hall–Kier alpha value is -1.98. The number of benzene rings is 1. The van der Waals surface area contributed by atoms with Gasteiger partial charge in [-0.15, -0.1) is 0 Å². The van der Waals surface area contributed by atoms with E-state index in [0.717, 1.165) is 6.07 Å². The van der Waals surface area contributed by atoms with Crippen LogP contribution in [0, 0.1) is 11.6 Å². The molecule has 0 N–H and O–H groups in total. The molecule has 1 aromatic carbocycles. The summed E-state index contributed by atoms with van der Waals surface area (Å²) < 4.78 is 32.4. The summed E-state index contributed by atoms with van der Waals surface area (Å²) in [4.78, 5) is 25.6. The second kappa shape index (κ2) is 6.26. The zero-order chi connectivity index (χ0) is 17.4. The van der Waals surface area contributed by atoms with Crippen LogP contribution in [0.2, 0.25) is 0 Å².